The maximum atomic E-state index is 13.0. The molecule has 2 fully saturated rings. The lowest BCUT2D eigenvalue weighted by Gasteiger charge is -2.38. The van der Waals surface area contributed by atoms with E-state index in [2.05, 4.69) is 10.2 Å². The number of fused-ring (bicyclic) bond motifs is 1. The van der Waals surface area contributed by atoms with Gasteiger partial charge < -0.3 is 25.3 Å². The number of carbonyl (C=O) groups excluding carboxylic acids is 1. The van der Waals surface area contributed by atoms with Gasteiger partial charge in [0, 0.05) is 45.3 Å². The van der Waals surface area contributed by atoms with E-state index in [9.17, 15) is 4.79 Å². The summed E-state index contributed by atoms with van der Waals surface area (Å²) in [5.41, 5.74) is 7.81. The molecule has 0 aliphatic carbocycles. The number of nitrogens with zero attached hydrogens (tertiary/aromatic N) is 1. The van der Waals surface area contributed by atoms with Crippen molar-refractivity contribution in [2.45, 2.75) is 43.9 Å². The molecule has 3 N–H and O–H groups in total. The van der Waals surface area contributed by atoms with E-state index in [1.807, 2.05) is 0 Å². The quantitative estimate of drug-likeness (QED) is 0.722. The zero-order valence-corrected chi connectivity index (χ0v) is 17.0. The number of likely N-dealkylation sites (tertiary alicyclic amines) is 1. The first-order valence-electron chi connectivity index (χ1n) is 9.98. The summed E-state index contributed by atoms with van der Waals surface area (Å²) in [5, 5.41) is 3.52. The number of rotatable bonds is 5. The highest BCUT2D eigenvalue weighted by Gasteiger charge is 2.33. The topological polar surface area (TPSA) is 86.1 Å². The number of benzene rings is 1. The normalized spacial score (nSPS) is 27.4. The molecule has 0 spiro atoms. The number of nitrogens with one attached hydrogen (secondary N) is 1. The third kappa shape index (κ3) is 3.94. The van der Waals surface area contributed by atoms with Gasteiger partial charge in [0.15, 0.2) is 0 Å². The van der Waals surface area contributed by atoms with Crippen molar-refractivity contribution in [1.29, 1.82) is 0 Å². The van der Waals surface area contributed by atoms with Crippen molar-refractivity contribution in [3.05, 3.63) is 22.2 Å². The number of nitrogen functional groups attached to an aromatic ring is 1. The van der Waals surface area contributed by atoms with Gasteiger partial charge in [-0.25, -0.2) is 0 Å². The van der Waals surface area contributed by atoms with E-state index in [0.29, 0.717) is 41.2 Å². The molecule has 2 saturated heterocycles. The molecule has 7 nitrogen and oxygen atoms in total. The van der Waals surface area contributed by atoms with Gasteiger partial charge in [0.25, 0.3) is 5.91 Å². The predicted octanol–water partition coefficient (Wildman–Crippen LogP) is 1.86. The van der Waals surface area contributed by atoms with Gasteiger partial charge in [-0.3, -0.25) is 9.69 Å². The Morgan fingerprint density at radius 2 is 2.29 bits per heavy atom. The molecule has 3 heterocycles. The summed E-state index contributed by atoms with van der Waals surface area (Å²) in [6, 6.07) is 1.54. The van der Waals surface area contributed by atoms with E-state index in [0.717, 1.165) is 51.1 Å². The number of ether oxygens (including phenoxy) is 3. The first-order valence-corrected chi connectivity index (χ1v) is 10.4. The molecule has 0 radical (unpaired) electrons. The Hall–Kier alpha value is -1.54. The van der Waals surface area contributed by atoms with Gasteiger partial charge in [0.1, 0.15) is 5.75 Å². The Bertz CT molecular complexity index is 739. The standard InChI is InChI=1S/C20H28ClN3O4/c1-26-17-11-24(10-12-3-2-7-27-12)6-4-16(17)23-20(25)14-9-15(21)18(22)13-5-8-28-19(13)14/h9,12,16-17H,2-8,10-11,22H2,1H3,(H,23,25)/t12?,16-,17+/m0/s1. The van der Waals surface area contributed by atoms with Gasteiger partial charge >= 0.3 is 0 Å². The number of piperidine rings is 1. The molecule has 4 rings (SSSR count). The number of hydrogen-bond acceptors (Lipinski definition) is 6. The van der Waals surface area contributed by atoms with Crippen LogP contribution in [0.3, 0.4) is 0 Å². The van der Waals surface area contributed by atoms with E-state index in [4.69, 9.17) is 31.5 Å². The van der Waals surface area contributed by atoms with Crippen LogP contribution >= 0.6 is 11.6 Å². The highest BCUT2D eigenvalue weighted by atomic mass is 35.5. The zero-order chi connectivity index (χ0) is 19.7. The molecule has 0 aromatic heterocycles. The summed E-state index contributed by atoms with van der Waals surface area (Å²) in [4.78, 5) is 15.3. The molecule has 1 aromatic rings. The number of anilines is 1. The van der Waals surface area contributed by atoms with Crippen LogP contribution in [0.4, 0.5) is 5.69 Å². The van der Waals surface area contributed by atoms with Crippen molar-refractivity contribution in [3.8, 4) is 5.75 Å². The first-order chi connectivity index (χ1) is 13.6. The molecule has 3 atom stereocenters. The number of halogens is 1. The van der Waals surface area contributed by atoms with E-state index >= 15 is 0 Å². The molecule has 0 bridgehead atoms. The third-order valence-corrected chi connectivity index (χ3v) is 6.28. The molecule has 0 saturated carbocycles. The van der Waals surface area contributed by atoms with Crippen LogP contribution in [-0.2, 0) is 15.9 Å². The number of nitrogens with two attached hydrogens (primary N) is 1. The summed E-state index contributed by atoms with van der Waals surface area (Å²) >= 11 is 6.24. The van der Waals surface area contributed by atoms with E-state index < -0.39 is 0 Å². The van der Waals surface area contributed by atoms with Crippen molar-refractivity contribution in [3.63, 3.8) is 0 Å². The third-order valence-electron chi connectivity index (χ3n) is 5.96. The predicted molar refractivity (Wildman–Crippen MR) is 107 cm³/mol. The van der Waals surface area contributed by atoms with Gasteiger partial charge in [0.05, 0.1) is 41.1 Å². The van der Waals surface area contributed by atoms with Gasteiger partial charge in [-0.05, 0) is 25.3 Å². The Balaban J connectivity index is 1.42. The largest absolute Gasteiger partial charge is 0.492 e. The van der Waals surface area contributed by atoms with Crippen molar-refractivity contribution in [2.24, 2.45) is 0 Å². The number of methoxy groups -OCH3 is 1. The van der Waals surface area contributed by atoms with Crippen molar-refractivity contribution in [1.82, 2.24) is 10.2 Å². The van der Waals surface area contributed by atoms with Crippen LogP contribution in [0.25, 0.3) is 0 Å². The van der Waals surface area contributed by atoms with Gasteiger partial charge in [-0.2, -0.15) is 0 Å². The molecule has 3 aliphatic heterocycles. The van der Waals surface area contributed by atoms with Crippen LogP contribution in [0.5, 0.6) is 5.75 Å². The van der Waals surface area contributed by atoms with Crippen LogP contribution in [-0.4, -0.2) is 69.0 Å². The van der Waals surface area contributed by atoms with E-state index in [1.165, 1.54) is 0 Å². The Kier molecular flexibility index (Phi) is 5.96. The second-order valence-corrected chi connectivity index (χ2v) is 8.17. The van der Waals surface area contributed by atoms with E-state index in [-0.39, 0.29) is 18.1 Å². The molecule has 154 valence electrons. The maximum Gasteiger partial charge on any atom is 0.255 e. The van der Waals surface area contributed by atoms with Gasteiger partial charge in [-0.1, -0.05) is 11.6 Å². The first kappa shape index (κ1) is 19.8. The van der Waals surface area contributed by atoms with Gasteiger partial charge in [-0.15, -0.1) is 0 Å². The lowest BCUT2D eigenvalue weighted by molar-refractivity contribution is -0.0112. The van der Waals surface area contributed by atoms with Crippen molar-refractivity contribution in [2.75, 3.05) is 45.7 Å². The summed E-state index contributed by atoms with van der Waals surface area (Å²) in [7, 11) is 1.69. The minimum Gasteiger partial charge on any atom is -0.492 e. The Morgan fingerprint density at radius 1 is 1.43 bits per heavy atom. The lowest BCUT2D eigenvalue weighted by atomic mass is 9.99. The Labute approximate surface area is 170 Å². The second kappa shape index (κ2) is 8.45. The maximum absolute atomic E-state index is 13.0. The lowest BCUT2D eigenvalue weighted by Crippen LogP contribution is -2.55. The van der Waals surface area contributed by atoms with E-state index in [1.54, 1.807) is 13.2 Å². The SMILES string of the molecule is CO[C@@H]1CN(CC2CCCO2)CC[C@@H]1NC(=O)c1cc(Cl)c(N)c2c1OCC2. The van der Waals surface area contributed by atoms with Crippen molar-refractivity contribution >= 4 is 23.2 Å². The minimum atomic E-state index is -0.195. The molecule has 8 heteroatoms. The fraction of sp³-hybridized carbons (Fsp3) is 0.650. The molecular formula is C20H28ClN3O4. The van der Waals surface area contributed by atoms with Crippen LogP contribution in [0, 0.1) is 0 Å². The smallest absolute Gasteiger partial charge is 0.255 e. The minimum absolute atomic E-state index is 0.0633. The second-order valence-electron chi connectivity index (χ2n) is 7.76. The molecule has 1 unspecified atom stereocenters. The van der Waals surface area contributed by atoms with Crippen LogP contribution in [0.15, 0.2) is 6.07 Å². The van der Waals surface area contributed by atoms with Crippen molar-refractivity contribution < 1.29 is 19.0 Å². The fourth-order valence-corrected chi connectivity index (χ4v) is 4.63. The molecule has 3 aliphatic rings. The van der Waals surface area contributed by atoms with Crippen LogP contribution < -0.4 is 15.8 Å². The molecular weight excluding hydrogens is 382 g/mol. The summed E-state index contributed by atoms with van der Waals surface area (Å²) in [6.45, 7) is 3.99. The molecule has 1 aromatic carbocycles. The highest BCUT2D eigenvalue weighted by molar-refractivity contribution is 6.33. The monoisotopic (exact) mass is 409 g/mol. The highest BCUT2D eigenvalue weighted by Crippen LogP contribution is 2.38. The average molecular weight is 410 g/mol. The summed E-state index contributed by atoms with van der Waals surface area (Å²) in [5.74, 6) is 0.365. The number of carbonyl (C=O) groups is 1. The number of amides is 1. The number of hydrogen-bond donors (Lipinski definition) is 2. The average Bonchev–Trinajstić information content (AvgIpc) is 3.37. The molecule has 28 heavy (non-hydrogen) atoms. The summed E-state index contributed by atoms with van der Waals surface area (Å²) in [6.07, 6.45) is 4.00. The molecule has 1 amide bonds. The Morgan fingerprint density at radius 3 is 3.04 bits per heavy atom. The fourth-order valence-electron chi connectivity index (χ4n) is 4.41. The summed E-state index contributed by atoms with van der Waals surface area (Å²) < 4.78 is 17.1. The zero-order valence-electron chi connectivity index (χ0n) is 16.2. The van der Waals surface area contributed by atoms with Crippen LogP contribution in [0.2, 0.25) is 5.02 Å². The van der Waals surface area contributed by atoms with Gasteiger partial charge in [0.2, 0.25) is 0 Å². The van der Waals surface area contributed by atoms with Crippen LogP contribution in [0.1, 0.15) is 35.2 Å².